The zero-order valence-corrected chi connectivity index (χ0v) is 19.3. The number of rotatable bonds is 5. The fourth-order valence-electron chi connectivity index (χ4n) is 4.46. The molecule has 1 atom stereocenters. The second-order valence-corrected chi connectivity index (χ2v) is 8.67. The van der Waals surface area contributed by atoms with Crippen molar-refractivity contribution in [3.05, 3.63) is 75.7 Å². The highest BCUT2D eigenvalue weighted by Crippen LogP contribution is 2.36. The van der Waals surface area contributed by atoms with E-state index in [4.69, 9.17) is 17.1 Å². The first-order valence-corrected chi connectivity index (χ1v) is 11.5. The van der Waals surface area contributed by atoms with Crippen molar-refractivity contribution in [2.24, 2.45) is 5.11 Å². The molecule has 0 aliphatic carbocycles. The second kappa shape index (κ2) is 9.84. The minimum absolute atomic E-state index is 0.105. The van der Waals surface area contributed by atoms with Crippen LogP contribution in [0.25, 0.3) is 11.3 Å². The average Bonchev–Trinajstić information content (AvgIpc) is 3.00. The first-order valence-electron chi connectivity index (χ1n) is 11.1. The van der Waals surface area contributed by atoms with Gasteiger partial charge in [-0.1, -0.05) is 42.8 Å². The number of hydrogen-bond donors (Lipinski definition) is 3. The van der Waals surface area contributed by atoms with Crippen LogP contribution in [0.15, 0.2) is 53.3 Å². The van der Waals surface area contributed by atoms with E-state index in [9.17, 15) is 4.39 Å². The van der Waals surface area contributed by atoms with Crippen LogP contribution in [0.3, 0.4) is 0 Å². The van der Waals surface area contributed by atoms with Crippen LogP contribution < -0.4 is 10.6 Å². The van der Waals surface area contributed by atoms with E-state index in [1.165, 1.54) is 11.1 Å². The molecule has 0 saturated carbocycles. The maximum atomic E-state index is 14.7. The summed E-state index contributed by atoms with van der Waals surface area (Å²) in [6, 6.07) is 11.4. The molecule has 0 saturated heterocycles. The minimum Gasteiger partial charge on any atom is -0.383 e. The van der Waals surface area contributed by atoms with E-state index < -0.39 is 5.82 Å². The molecule has 7 heteroatoms. The van der Waals surface area contributed by atoms with Gasteiger partial charge in [0.25, 0.3) is 0 Å². The molecular formula is C25H29ClFN5. The first kappa shape index (κ1) is 22.5. The summed E-state index contributed by atoms with van der Waals surface area (Å²) in [4.78, 5) is 2.42. The lowest BCUT2D eigenvalue weighted by Gasteiger charge is -2.26. The highest BCUT2D eigenvalue weighted by Gasteiger charge is 2.25. The van der Waals surface area contributed by atoms with Gasteiger partial charge in [-0.2, -0.15) is 5.11 Å². The van der Waals surface area contributed by atoms with Gasteiger partial charge in [0.05, 0.1) is 28.1 Å². The minimum atomic E-state index is -0.438. The Balaban J connectivity index is 1.77. The molecule has 3 N–H and O–H groups in total. The Hall–Kier alpha value is -2.70. The summed E-state index contributed by atoms with van der Waals surface area (Å²) < 4.78 is 14.7. The number of hydrogen-bond acceptors (Lipinski definition) is 5. The van der Waals surface area contributed by atoms with Gasteiger partial charge < -0.3 is 10.6 Å². The Bertz CT molecular complexity index is 1080. The maximum Gasteiger partial charge on any atom is 0.164 e. The number of allylic oxidation sites excluding steroid dienone is 1. The summed E-state index contributed by atoms with van der Waals surface area (Å²) >= 11 is 6.02. The first-order chi connectivity index (χ1) is 15.5. The standard InChI is InChI=1S/C25H29ClFN5/c1-3-32-13-10-17(11-14-32)18-7-8-19-20(15-18)22(9-12-29-25(19)16(2)31-28)30-23-6-4-5-21(26)24(23)27/h4-8,10,15,22,28-30H,3,9,11-14H2,1-2H3/b25-16-,31-28?. The molecule has 0 fully saturated rings. The molecule has 0 bridgehead atoms. The third-order valence-electron chi connectivity index (χ3n) is 6.35. The number of likely N-dealkylation sites (N-methyl/N-ethyl adjacent to an activating group) is 1. The van der Waals surface area contributed by atoms with Crippen molar-refractivity contribution in [1.82, 2.24) is 10.2 Å². The quantitative estimate of drug-likeness (QED) is 0.455. The number of nitrogens with zero attached hydrogens (tertiary/aromatic N) is 2. The zero-order valence-electron chi connectivity index (χ0n) is 18.5. The summed E-state index contributed by atoms with van der Waals surface area (Å²) in [5.41, 5.74) is 14.0. The molecule has 2 heterocycles. The van der Waals surface area contributed by atoms with Crippen LogP contribution in [0.2, 0.25) is 5.02 Å². The maximum absolute atomic E-state index is 14.7. The largest absolute Gasteiger partial charge is 0.383 e. The van der Waals surface area contributed by atoms with Crippen LogP contribution in [-0.2, 0) is 0 Å². The van der Waals surface area contributed by atoms with Gasteiger partial charge >= 0.3 is 0 Å². The normalized spacial score (nSPS) is 20.5. The molecule has 2 aromatic rings. The summed E-state index contributed by atoms with van der Waals surface area (Å²) in [7, 11) is 0. The number of nitrogens with one attached hydrogen (secondary N) is 3. The SMILES string of the molecule is CCN1CC=C(c2ccc3c(c2)C(Nc2cccc(Cl)c2F)CCN/C3=C(/C)N=N)CC1. The monoisotopic (exact) mass is 453 g/mol. The van der Waals surface area contributed by atoms with Crippen molar-refractivity contribution in [2.45, 2.75) is 32.7 Å². The van der Waals surface area contributed by atoms with E-state index in [2.05, 4.69) is 51.8 Å². The number of fused-ring (bicyclic) bond motifs is 1. The Morgan fingerprint density at radius 1 is 1.34 bits per heavy atom. The van der Waals surface area contributed by atoms with Crippen molar-refractivity contribution in [2.75, 3.05) is 31.5 Å². The Labute approximate surface area is 193 Å². The van der Waals surface area contributed by atoms with Gasteiger partial charge in [0, 0.05) is 25.2 Å². The van der Waals surface area contributed by atoms with Gasteiger partial charge in [0.1, 0.15) is 0 Å². The second-order valence-electron chi connectivity index (χ2n) is 8.26. The van der Waals surface area contributed by atoms with E-state index in [-0.39, 0.29) is 11.1 Å². The average molecular weight is 454 g/mol. The summed E-state index contributed by atoms with van der Waals surface area (Å²) in [5, 5.41) is 10.6. The number of halogens is 2. The molecule has 2 aliphatic rings. The molecule has 4 rings (SSSR count). The van der Waals surface area contributed by atoms with Gasteiger partial charge in [0.2, 0.25) is 0 Å². The van der Waals surface area contributed by atoms with E-state index in [1.807, 2.05) is 6.92 Å². The van der Waals surface area contributed by atoms with Crippen LogP contribution in [-0.4, -0.2) is 31.1 Å². The fourth-order valence-corrected chi connectivity index (χ4v) is 4.64. The van der Waals surface area contributed by atoms with Crippen molar-refractivity contribution in [1.29, 1.82) is 5.53 Å². The Kier molecular flexibility index (Phi) is 6.92. The van der Waals surface area contributed by atoms with Crippen LogP contribution in [0.5, 0.6) is 0 Å². The molecule has 2 aliphatic heterocycles. The lowest BCUT2D eigenvalue weighted by Crippen LogP contribution is -2.28. The topological polar surface area (TPSA) is 63.5 Å². The van der Waals surface area contributed by atoms with Crippen molar-refractivity contribution in [3.8, 4) is 0 Å². The fraction of sp³-hybridized carbons (Fsp3) is 0.360. The predicted octanol–water partition coefficient (Wildman–Crippen LogP) is 6.45. The predicted molar refractivity (Wildman–Crippen MR) is 129 cm³/mol. The van der Waals surface area contributed by atoms with Crippen molar-refractivity contribution < 1.29 is 4.39 Å². The smallest absolute Gasteiger partial charge is 0.164 e. The van der Waals surface area contributed by atoms with Gasteiger partial charge in [0.15, 0.2) is 5.82 Å². The molecule has 0 amide bonds. The lowest BCUT2D eigenvalue weighted by atomic mass is 9.90. The van der Waals surface area contributed by atoms with Crippen molar-refractivity contribution >= 4 is 28.6 Å². The molecular weight excluding hydrogens is 425 g/mol. The third kappa shape index (κ3) is 4.57. The molecule has 0 aromatic heterocycles. The van der Waals surface area contributed by atoms with E-state index in [0.29, 0.717) is 17.9 Å². The highest BCUT2D eigenvalue weighted by molar-refractivity contribution is 6.31. The summed E-state index contributed by atoms with van der Waals surface area (Å²) in [6.07, 6.45) is 4.07. The summed E-state index contributed by atoms with van der Waals surface area (Å²) in [6.45, 7) is 7.77. The molecule has 168 valence electrons. The summed E-state index contributed by atoms with van der Waals surface area (Å²) in [5.74, 6) is -0.438. The molecule has 2 aromatic carbocycles. The van der Waals surface area contributed by atoms with Gasteiger partial charge in [-0.15, -0.1) is 0 Å². The van der Waals surface area contributed by atoms with Crippen LogP contribution in [0.4, 0.5) is 10.1 Å². The molecule has 5 nitrogen and oxygen atoms in total. The van der Waals surface area contributed by atoms with Crippen LogP contribution in [0, 0.1) is 11.3 Å². The number of benzene rings is 2. The van der Waals surface area contributed by atoms with E-state index in [0.717, 1.165) is 49.3 Å². The third-order valence-corrected chi connectivity index (χ3v) is 6.65. The van der Waals surface area contributed by atoms with Crippen molar-refractivity contribution in [3.63, 3.8) is 0 Å². The molecule has 0 spiro atoms. The Morgan fingerprint density at radius 3 is 2.91 bits per heavy atom. The number of anilines is 1. The highest BCUT2D eigenvalue weighted by atomic mass is 35.5. The lowest BCUT2D eigenvalue weighted by molar-refractivity contribution is 0.319. The van der Waals surface area contributed by atoms with E-state index >= 15 is 0 Å². The molecule has 0 radical (unpaired) electrons. The molecule has 32 heavy (non-hydrogen) atoms. The molecule has 1 unspecified atom stereocenters. The Morgan fingerprint density at radius 2 is 2.19 bits per heavy atom. The van der Waals surface area contributed by atoms with Gasteiger partial charge in [-0.25, -0.2) is 9.92 Å². The van der Waals surface area contributed by atoms with Gasteiger partial charge in [-0.05, 0) is 61.2 Å². The van der Waals surface area contributed by atoms with Gasteiger partial charge in [-0.3, -0.25) is 4.90 Å². The van der Waals surface area contributed by atoms with Crippen LogP contribution >= 0.6 is 11.6 Å². The van der Waals surface area contributed by atoms with Crippen LogP contribution in [0.1, 0.15) is 49.4 Å². The zero-order chi connectivity index (χ0) is 22.7. The van der Waals surface area contributed by atoms with E-state index in [1.54, 1.807) is 18.2 Å².